The van der Waals surface area contributed by atoms with Crippen molar-refractivity contribution in [2.75, 3.05) is 18.9 Å². The van der Waals surface area contributed by atoms with E-state index in [-0.39, 0.29) is 18.4 Å². The van der Waals surface area contributed by atoms with Crippen molar-refractivity contribution in [2.24, 2.45) is 0 Å². The van der Waals surface area contributed by atoms with Gasteiger partial charge in [-0.3, -0.25) is 9.59 Å². The number of anilines is 1. The zero-order valence-electron chi connectivity index (χ0n) is 13.4. The molecule has 0 saturated heterocycles. The molecule has 0 saturated carbocycles. The Morgan fingerprint density at radius 1 is 1.28 bits per heavy atom. The molecule has 0 spiro atoms. The molecular weight excluding hydrogens is 456 g/mol. The first-order valence-electron chi connectivity index (χ1n) is 7.30. The number of hydrogen-bond acceptors (Lipinski definition) is 4. The largest absolute Gasteiger partial charge is 0.360 e. The average Bonchev–Trinajstić information content (AvgIpc) is 3.13. The number of nitrogens with one attached hydrogen (secondary N) is 2. The number of nitrogens with zero attached hydrogens (tertiary/aromatic N) is 2. The molecule has 1 aromatic carbocycles. The van der Waals surface area contributed by atoms with Crippen LogP contribution in [0.1, 0.15) is 16.1 Å². The van der Waals surface area contributed by atoms with E-state index in [0.717, 1.165) is 19.8 Å². The zero-order chi connectivity index (χ0) is 18.1. The lowest BCUT2D eigenvalue weighted by Gasteiger charge is -2.16. The molecule has 0 radical (unpaired) electrons. The summed E-state index contributed by atoms with van der Waals surface area (Å²) in [5.41, 5.74) is 1.32. The van der Waals surface area contributed by atoms with Crippen LogP contribution in [0.4, 0.5) is 5.82 Å². The summed E-state index contributed by atoms with van der Waals surface area (Å²) in [7, 11) is 1.57. The third kappa shape index (κ3) is 3.77. The van der Waals surface area contributed by atoms with Crippen molar-refractivity contribution < 1.29 is 14.1 Å². The van der Waals surface area contributed by atoms with Gasteiger partial charge in [0.15, 0.2) is 5.82 Å². The van der Waals surface area contributed by atoms with Gasteiger partial charge < -0.3 is 19.7 Å². The van der Waals surface area contributed by atoms with Crippen LogP contribution in [0.15, 0.2) is 37.9 Å². The minimum absolute atomic E-state index is 0.102. The van der Waals surface area contributed by atoms with E-state index in [2.05, 4.69) is 47.3 Å². The first-order valence-corrected chi connectivity index (χ1v) is 8.88. The first-order chi connectivity index (χ1) is 11.8. The van der Waals surface area contributed by atoms with E-state index in [4.69, 9.17) is 4.52 Å². The van der Waals surface area contributed by atoms with Gasteiger partial charge in [-0.1, -0.05) is 5.16 Å². The molecule has 2 N–H and O–H groups in total. The number of carbonyl (C=O) groups excluding carboxylic acids is 2. The summed E-state index contributed by atoms with van der Waals surface area (Å²) in [4.78, 5) is 29.1. The standard InChI is InChI=1S/C16H14Br2N4O3/c1-8-3-14(21-25-8)20-15(23)7-22(2)16(24)10-6-19-13-5-12(18)11(17)4-9(10)13/h3-6,19H,7H2,1-2H3,(H,20,21,23). The molecule has 0 aliphatic heterocycles. The van der Waals surface area contributed by atoms with Crippen LogP contribution in [0.3, 0.4) is 0 Å². The Hall–Kier alpha value is -2.13. The third-order valence-corrected chi connectivity index (χ3v) is 5.42. The van der Waals surface area contributed by atoms with Gasteiger partial charge in [-0.15, -0.1) is 0 Å². The Balaban J connectivity index is 1.74. The zero-order valence-corrected chi connectivity index (χ0v) is 16.6. The second-order valence-electron chi connectivity index (χ2n) is 5.55. The Kier molecular flexibility index (Phi) is 4.96. The second-order valence-corrected chi connectivity index (χ2v) is 7.26. The van der Waals surface area contributed by atoms with Crippen molar-refractivity contribution in [3.63, 3.8) is 0 Å². The van der Waals surface area contributed by atoms with E-state index in [9.17, 15) is 9.59 Å². The highest BCUT2D eigenvalue weighted by Gasteiger charge is 2.19. The van der Waals surface area contributed by atoms with E-state index < -0.39 is 0 Å². The van der Waals surface area contributed by atoms with Gasteiger partial charge in [0, 0.05) is 39.2 Å². The number of aromatic nitrogens is 2. The highest BCUT2D eigenvalue weighted by Crippen LogP contribution is 2.30. The van der Waals surface area contributed by atoms with Crippen LogP contribution in [0.5, 0.6) is 0 Å². The van der Waals surface area contributed by atoms with Gasteiger partial charge in [0.2, 0.25) is 5.91 Å². The molecule has 7 nitrogen and oxygen atoms in total. The lowest BCUT2D eigenvalue weighted by molar-refractivity contribution is -0.116. The van der Waals surface area contributed by atoms with Gasteiger partial charge in [0.1, 0.15) is 5.76 Å². The molecule has 0 fully saturated rings. The van der Waals surface area contributed by atoms with E-state index in [1.54, 1.807) is 26.2 Å². The number of aromatic amines is 1. The Labute approximate surface area is 160 Å². The van der Waals surface area contributed by atoms with Gasteiger partial charge in [-0.25, -0.2) is 0 Å². The van der Waals surface area contributed by atoms with Crippen molar-refractivity contribution in [3.05, 3.63) is 44.7 Å². The van der Waals surface area contributed by atoms with Gasteiger partial charge in [-0.05, 0) is 50.9 Å². The molecule has 0 aliphatic rings. The molecule has 2 amide bonds. The minimum Gasteiger partial charge on any atom is -0.360 e. The predicted octanol–water partition coefficient (Wildman–Crippen LogP) is 3.70. The van der Waals surface area contributed by atoms with Crippen molar-refractivity contribution in [1.29, 1.82) is 0 Å². The third-order valence-electron chi connectivity index (χ3n) is 3.58. The van der Waals surface area contributed by atoms with E-state index in [1.165, 1.54) is 4.90 Å². The molecule has 130 valence electrons. The number of amides is 2. The number of fused-ring (bicyclic) bond motifs is 1. The van der Waals surface area contributed by atoms with Crippen molar-refractivity contribution >= 4 is 60.4 Å². The smallest absolute Gasteiger partial charge is 0.256 e. The van der Waals surface area contributed by atoms with Crippen LogP contribution in [0.25, 0.3) is 10.9 Å². The van der Waals surface area contributed by atoms with E-state index >= 15 is 0 Å². The number of halogens is 2. The minimum atomic E-state index is -0.354. The normalized spacial score (nSPS) is 10.9. The molecule has 0 bridgehead atoms. The number of benzene rings is 1. The summed E-state index contributed by atoms with van der Waals surface area (Å²) in [6.45, 7) is 1.63. The molecule has 0 atom stereocenters. The monoisotopic (exact) mass is 468 g/mol. The van der Waals surface area contributed by atoms with Gasteiger partial charge in [-0.2, -0.15) is 0 Å². The summed E-state index contributed by atoms with van der Waals surface area (Å²) >= 11 is 6.86. The lowest BCUT2D eigenvalue weighted by Crippen LogP contribution is -2.34. The molecular formula is C16H14Br2N4O3. The number of H-pyrrole nitrogens is 1. The Bertz CT molecular complexity index is 964. The fraction of sp³-hybridized carbons (Fsp3) is 0.188. The Morgan fingerprint density at radius 3 is 2.68 bits per heavy atom. The van der Waals surface area contributed by atoms with E-state index in [0.29, 0.717) is 17.1 Å². The van der Waals surface area contributed by atoms with Crippen molar-refractivity contribution in [2.45, 2.75) is 6.92 Å². The first kappa shape index (κ1) is 17.7. The van der Waals surface area contributed by atoms with Crippen molar-refractivity contribution in [3.8, 4) is 0 Å². The predicted molar refractivity (Wildman–Crippen MR) is 101 cm³/mol. The fourth-order valence-corrected chi connectivity index (χ4v) is 3.08. The number of carbonyl (C=O) groups is 2. The highest BCUT2D eigenvalue weighted by molar-refractivity contribution is 9.13. The molecule has 2 aromatic heterocycles. The summed E-state index contributed by atoms with van der Waals surface area (Å²) in [5.74, 6) is 0.305. The maximum Gasteiger partial charge on any atom is 0.256 e. The lowest BCUT2D eigenvalue weighted by atomic mass is 10.1. The topological polar surface area (TPSA) is 91.2 Å². The van der Waals surface area contributed by atoms with Gasteiger partial charge in [0.05, 0.1) is 12.1 Å². The number of likely N-dealkylation sites (N-methyl/N-ethyl adjacent to an activating group) is 1. The number of rotatable bonds is 4. The molecule has 0 aliphatic carbocycles. The van der Waals surface area contributed by atoms with Crippen LogP contribution in [-0.4, -0.2) is 40.4 Å². The second kappa shape index (κ2) is 7.01. The van der Waals surface area contributed by atoms with Crippen molar-refractivity contribution in [1.82, 2.24) is 15.0 Å². The van der Waals surface area contributed by atoms with Crippen LogP contribution in [-0.2, 0) is 4.79 Å². The number of hydrogen-bond donors (Lipinski definition) is 2. The summed E-state index contributed by atoms with van der Waals surface area (Å²) < 4.78 is 6.62. The summed E-state index contributed by atoms with van der Waals surface area (Å²) in [6, 6.07) is 5.35. The Morgan fingerprint density at radius 2 is 2.00 bits per heavy atom. The molecule has 25 heavy (non-hydrogen) atoms. The molecule has 3 rings (SSSR count). The van der Waals surface area contributed by atoms with Gasteiger partial charge >= 0.3 is 0 Å². The maximum atomic E-state index is 12.7. The molecule has 3 aromatic rings. The quantitative estimate of drug-likeness (QED) is 0.609. The fourth-order valence-electron chi connectivity index (χ4n) is 2.39. The van der Waals surface area contributed by atoms with Gasteiger partial charge in [0.25, 0.3) is 5.91 Å². The van der Waals surface area contributed by atoms with Crippen LogP contribution in [0, 0.1) is 6.92 Å². The van der Waals surface area contributed by atoms with Crippen LogP contribution < -0.4 is 5.32 Å². The number of aryl methyl sites for hydroxylation is 1. The van der Waals surface area contributed by atoms with E-state index in [1.807, 2.05) is 12.1 Å². The molecule has 9 heteroatoms. The summed E-state index contributed by atoms with van der Waals surface area (Å²) in [5, 5.41) is 7.06. The maximum absolute atomic E-state index is 12.7. The SMILES string of the molecule is Cc1cc(NC(=O)CN(C)C(=O)c2c[nH]c3cc(Br)c(Br)cc23)no1. The molecule has 2 heterocycles. The summed E-state index contributed by atoms with van der Waals surface area (Å²) in [6.07, 6.45) is 1.64. The average molecular weight is 470 g/mol. The van der Waals surface area contributed by atoms with Crippen LogP contribution >= 0.6 is 31.9 Å². The van der Waals surface area contributed by atoms with Crippen LogP contribution in [0.2, 0.25) is 0 Å². The highest BCUT2D eigenvalue weighted by atomic mass is 79.9. The molecule has 0 unspecified atom stereocenters.